The lowest BCUT2D eigenvalue weighted by Gasteiger charge is -2.04. The number of aryl methyl sites for hydroxylation is 1. The molecule has 7 heteroatoms. The number of benzene rings is 2. The molecule has 0 saturated heterocycles. The Labute approximate surface area is 149 Å². The zero-order valence-electron chi connectivity index (χ0n) is 13.5. The minimum atomic E-state index is -0.150. The van der Waals surface area contributed by atoms with Gasteiger partial charge in [0.15, 0.2) is 0 Å². The van der Waals surface area contributed by atoms with Gasteiger partial charge in [-0.2, -0.15) is 0 Å². The molecule has 1 heterocycles. The van der Waals surface area contributed by atoms with E-state index in [9.17, 15) is 4.79 Å². The van der Waals surface area contributed by atoms with E-state index in [1.165, 1.54) is 0 Å². The predicted octanol–water partition coefficient (Wildman–Crippen LogP) is 3.97. The fourth-order valence-electron chi connectivity index (χ4n) is 2.24. The van der Waals surface area contributed by atoms with Crippen LogP contribution in [0.4, 0.5) is 5.69 Å². The summed E-state index contributed by atoms with van der Waals surface area (Å²) in [4.78, 5) is 12.0. The molecule has 128 valence electrons. The molecular formula is C18H16ClN3O3. The van der Waals surface area contributed by atoms with Crippen molar-refractivity contribution in [2.75, 3.05) is 12.4 Å². The zero-order valence-corrected chi connectivity index (χ0v) is 14.3. The standard InChI is InChI=1S/C18H16ClN3O3/c1-24-15-7-2-4-12(10-15)18-22-21-17(25-18)9-8-16(23)20-14-6-3-5-13(19)11-14/h2-7,10-11H,8-9H2,1H3,(H,20,23). The number of rotatable bonds is 6. The Morgan fingerprint density at radius 1 is 1.20 bits per heavy atom. The molecule has 6 nitrogen and oxygen atoms in total. The average molecular weight is 358 g/mol. The summed E-state index contributed by atoms with van der Waals surface area (Å²) in [5.41, 5.74) is 1.42. The fraction of sp³-hybridized carbons (Fsp3) is 0.167. The molecule has 0 spiro atoms. The highest BCUT2D eigenvalue weighted by atomic mass is 35.5. The van der Waals surface area contributed by atoms with E-state index in [2.05, 4.69) is 15.5 Å². The molecule has 1 aromatic heterocycles. The van der Waals surface area contributed by atoms with E-state index in [0.29, 0.717) is 34.7 Å². The first-order chi connectivity index (χ1) is 12.1. The van der Waals surface area contributed by atoms with Crippen LogP contribution in [0.3, 0.4) is 0 Å². The van der Waals surface area contributed by atoms with Crippen molar-refractivity contribution >= 4 is 23.2 Å². The zero-order chi connectivity index (χ0) is 17.6. The summed E-state index contributed by atoms with van der Waals surface area (Å²) in [6.07, 6.45) is 0.579. The minimum Gasteiger partial charge on any atom is -0.497 e. The minimum absolute atomic E-state index is 0.150. The molecule has 3 aromatic rings. The van der Waals surface area contributed by atoms with E-state index in [4.69, 9.17) is 20.8 Å². The Hall–Kier alpha value is -2.86. The number of nitrogens with zero attached hydrogens (tertiary/aromatic N) is 2. The smallest absolute Gasteiger partial charge is 0.247 e. The van der Waals surface area contributed by atoms with Crippen LogP contribution in [0.1, 0.15) is 12.3 Å². The van der Waals surface area contributed by atoms with Crippen LogP contribution in [0, 0.1) is 0 Å². The van der Waals surface area contributed by atoms with Crippen LogP contribution in [0.15, 0.2) is 52.9 Å². The van der Waals surface area contributed by atoms with Gasteiger partial charge in [0.1, 0.15) is 5.75 Å². The molecule has 0 aliphatic heterocycles. The van der Waals surface area contributed by atoms with Gasteiger partial charge in [-0.15, -0.1) is 10.2 Å². The number of nitrogens with one attached hydrogen (secondary N) is 1. The number of carbonyl (C=O) groups is 1. The van der Waals surface area contributed by atoms with Crippen LogP contribution in [0.2, 0.25) is 5.02 Å². The number of methoxy groups -OCH3 is 1. The van der Waals surface area contributed by atoms with Crippen LogP contribution in [0.5, 0.6) is 5.75 Å². The van der Waals surface area contributed by atoms with Gasteiger partial charge in [0.05, 0.1) is 7.11 Å². The maximum atomic E-state index is 12.0. The van der Waals surface area contributed by atoms with Gasteiger partial charge < -0.3 is 14.5 Å². The summed E-state index contributed by atoms with van der Waals surface area (Å²) in [5, 5.41) is 11.3. The van der Waals surface area contributed by atoms with Gasteiger partial charge >= 0.3 is 0 Å². The highest BCUT2D eigenvalue weighted by Gasteiger charge is 2.11. The average Bonchev–Trinajstić information content (AvgIpc) is 3.09. The maximum Gasteiger partial charge on any atom is 0.247 e. The van der Waals surface area contributed by atoms with Crippen molar-refractivity contribution in [1.82, 2.24) is 10.2 Å². The summed E-state index contributed by atoms with van der Waals surface area (Å²) >= 11 is 5.89. The molecule has 1 N–H and O–H groups in total. The molecule has 0 unspecified atom stereocenters. The third-order valence-corrected chi connectivity index (χ3v) is 3.69. The Bertz CT molecular complexity index is 879. The van der Waals surface area contributed by atoms with Crippen molar-refractivity contribution in [2.24, 2.45) is 0 Å². The van der Waals surface area contributed by atoms with Crippen molar-refractivity contribution < 1.29 is 13.9 Å². The van der Waals surface area contributed by atoms with E-state index in [1.807, 2.05) is 24.3 Å². The van der Waals surface area contributed by atoms with E-state index in [-0.39, 0.29) is 12.3 Å². The molecule has 0 fully saturated rings. The first-order valence-corrected chi connectivity index (χ1v) is 8.04. The molecule has 0 saturated carbocycles. The van der Waals surface area contributed by atoms with Crippen molar-refractivity contribution in [1.29, 1.82) is 0 Å². The first-order valence-electron chi connectivity index (χ1n) is 7.66. The highest BCUT2D eigenvalue weighted by molar-refractivity contribution is 6.30. The summed E-state index contributed by atoms with van der Waals surface area (Å²) in [7, 11) is 1.59. The second kappa shape index (κ2) is 7.81. The van der Waals surface area contributed by atoms with Crippen LogP contribution < -0.4 is 10.1 Å². The second-order valence-electron chi connectivity index (χ2n) is 5.29. The van der Waals surface area contributed by atoms with Gasteiger partial charge in [0.2, 0.25) is 17.7 Å². The molecule has 0 atom stereocenters. The van der Waals surface area contributed by atoms with Crippen molar-refractivity contribution in [3.05, 3.63) is 59.4 Å². The van der Waals surface area contributed by atoms with Crippen LogP contribution in [-0.2, 0) is 11.2 Å². The van der Waals surface area contributed by atoms with Crippen molar-refractivity contribution in [3.63, 3.8) is 0 Å². The molecule has 0 aliphatic rings. The third kappa shape index (κ3) is 4.58. The van der Waals surface area contributed by atoms with Crippen LogP contribution in [0.25, 0.3) is 11.5 Å². The van der Waals surface area contributed by atoms with Gasteiger partial charge in [-0.3, -0.25) is 4.79 Å². The number of hydrogen-bond acceptors (Lipinski definition) is 5. The molecular weight excluding hydrogens is 342 g/mol. The monoisotopic (exact) mass is 357 g/mol. The Morgan fingerprint density at radius 3 is 2.84 bits per heavy atom. The lowest BCUT2D eigenvalue weighted by atomic mass is 10.2. The predicted molar refractivity (Wildman–Crippen MR) is 94.7 cm³/mol. The fourth-order valence-corrected chi connectivity index (χ4v) is 2.43. The SMILES string of the molecule is COc1cccc(-c2nnc(CCC(=O)Nc3cccc(Cl)c3)o2)c1. The Balaban J connectivity index is 1.59. The molecule has 25 heavy (non-hydrogen) atoms. The first kappa shape index (κ1) is 17.0. The normalized spacial score (nSPS) is 10.5. The summed E-state index contributed by atoms with van der Waals surface area (Å²) in [6, 6.07) is 14.3. The van der Waals surface area contributed by atoms with E-state index in [1.54, 1.807) is 31.4 Å². The summed E-state index contributed by atoms with van der Waals surface area (Å²) in [6.45, 7) is 0. The lowest BCUT2D eigenvalue weighted by Crippen LogP contribution is -2.12. The Kier molecular flexibility index (Phi) is 5.30. The van der Waals surface area contributed by atoms with Gasteiger partial charge in [-0.1, -0.05) is 23.7 Å². The number of anilines is 1. The molecule has 2 aromatic carbocycles. The quantitative estimate of drug-likeness (QED) is 0.722. The van der Waals surface area contributed by atoms with E-state index in [0.717, 1.165) is 5.56 Å². The Morgan fingerprint density at radius 2 is 2.04 bits per heavy atom. The summed E-state index contributed by atoms with van der Waals surface area (Å²) < 4.78 is 10.8. The van der Waals surface area contributed by atoms with Crippen LogP contribution >= 0.6 is 11.6 Å². The van der Waals surface area contributed by atoms with Gasteiger partial charge in [-0.05, 0) is 36.4 Å². The van der Waals surface area contributed by atoms with E-state index >= 15 is 0 Å². The maximum absolute atomic E-state index is 12.0. The van der Waals surface area contributed by atoms with Gasteiger partial charge in [0, 0.05) is 29.1 Å². The molecule has 1 amide bonds. The highest BCUT2D eigenvalue weighted by Crippen LogP contribution is 2.23. The largest absolute Gasteiger partial charge is 0.497 e. The molecule has 0 aliphatic carbocycles. The number of hydrogen-bond donors (Lipinski definition) is 1. The number of ether oxygens (including phenoxy) is 1. The molecule has 0 radical (unpaired) electrons. The third-order valence-electron chi connectivity index (χ3n) is 3.46. The molecule has 3 rings (SSSR count). The molecule has 0 bridgehead atoms. The van der Waals surface area contributed by atoms with Crippen LogP contribution in [-0.4, -0.2) is 23.2 Å². The lowest BCUT2D eigenvalue weighted by molar-refractivity contribution is -0.116. The summed E-state index contributed by atoms with van der Waals surface area (Å²) in [5.74, 6) is 1.35. The van der Waals surface area contributed by atoms with E-state index < -0.39 is 0 Å². The van der Waals surface area contributed by atoms with Gasteiger partial charge in [-0.25, -0.2) is 0 Å². The number of carbonyl (C=O) groups excluding carboxylic acids is 1. The van der Waals surface area contributed by atoms with Crippen molar-refractivity contribution in [3.8, 4) is 17.2 Å². The second-order valence-corrected chi connectivity index (χ2v) is 5.73. The topological polar surface area (TPSA) is 77.2 Å². The number of aromatic nitrogens is 2. The number of amides is 1. The number of halogens is 1. The van der Waals surface area contributed by atoms with Gasteiger partial charge in [0.25, 0.3) is 0 Å². The van der Waals surface area contributed by atoms with Crippen molar-refractivity contribution in [2.45, 2.75) is 12.8 Å².